The molecule has 3 aromatic rings. The lowest BCUT2D eigenvalue weighted by molar-refractivity contribution is 0.279. The number of rotatable bonds is 1. The van der Waals surface area contributed by atoms with E-state index in [0.717, 1.165) is 33.1 Å². The molecule has 0 fully saturated rings. The lowest BCUT2D eigenvalue weighted by Gasteiger charge is -2.19. The number of nitrogens with zero attached hydrogens (tertiary/aromatic N) is 2. The molecule has 2 heterocycles. The van der Waals surface area contributed by atoms with Gasteiger partial charge in [0.25, 0.3) is 0 Å². The highest BCUT2D eigenvalue weighted by Crippen LogP contribution is 2.37. The standard InChI is InChI=1S/C17H13BrN2O/c1-11-6-8-12(9-7-11)16-17(18)20-13-4-2-3-5-14(13)21-10-15(20)19-16/h2-9H,10H2,1H3. The minimum atomic E-state index is 0.488. The number of benzene rings is 2. The molecule has 0 aliphatic carbocycles. The summed E-state index contributed by atoms with van der Waals surface area (Å²) in [6.07, 6.45) is 0. The number of hydrogen-bond donors (Lipinski definition) is 0. The number of ether oxygens (including phenoxy) is 1. The minimum absolute atomic E-state index is 0.488. The number of fused-ring (bicyclic) bond motifs is 3. The van der Waals surface area contributed by atoms with Crippen molar-refractivity contribution in [1.29, 1.82) is 0 Å². The van der Waals surface area contributed by atoms with Gasteiger partial charge in [0, 0.05) is 5.56 Å². The summed E-state index contributed by atoms with van der Waals surface area (Å²) >= 11 is 3.71. The van der Waals surface area contributed by atoms with Crippen molar-refractivity contribution in [2.45, 2.75) is 13.5 Å². The van der Waals surface area contributed by atoms with Crippen molar-refractivity contribution >= 4 is 15.9 Å². The molecule has 4 heteroatoms. The van der Waals surface area contributed by atoms with Crippen LogP contribution in [0.5, 0.6) is 5.75 Å². The molecule has 0 amide bonds. The minimum Gasteiger partial charge on any atom is -0.483 e. The summed E-state index contributed by atoms with van der Waals surface area (Å²) in [4.78, 5) is 4.74. The van der Waals surface area contributed by atoms with Crippen LogP contribution < -0.4 is 4.74 Å². The van der Waals surface area contributed by atoms with Crippen LogP contribution in [0, 0.1) is 6.92 Å². The van der Waals surface area contributed by atoms with Gasteiger partial charge in [-0.1, -0.05) is 42.0 Å². The Bertz CT molecular complexity index is 821. The molecule has 3 nitrogen and oxygen atoms in total. The molecule has 0 saturated heterocycles. The van der Waals surface area contributed by atoms with E-state index >= 15 is 0 Å². The van der Waals surface area contributed by atoms with E-state index in [1.807, 2.05) is 24.3 Å². The number of aromatic nitrogens is 2. The van der Waals surface area contributed by atoms with Crippen LogP contribution in [-0.4, -0.2) is 9.55 Å². The molecule has 1 aliphatic heterocycles. The Morgan fingerprint density at radius 2 is 1.86 bits per heavy atom. The third kappa shape index (κ3) is 1.98. The number of halogens is 1. The fraction of sp³-hybridized carbons (Fsp3) is 0.118. The van der Waals surface area contributed by atoms with Crippen LogP contribution in [0.4, 0.5) is 0 Å². The van der Waals surface area contributed by atoms with Gasteiger partial charge in [0.05, 0.1) is 5.69 Å². The summed E-state index contributed by atoms with van der Waals surface area (Å²) in [6, 6.07) is 16.4. The Morgan fingerprint density at radius 3 is 2.67 bits per heavy atom. The molecular formula is C17H13BrN2O. The molecule has 0 unspecified atom stereocenters. The van der Waals surface area contributed by atoms with Crippen LogP contribution in [0.25, 0.3) is 16.9 Å². The average Bonchev–Trinajstić information content (AvgIpc) is 2.86. The van der Waals surface area contributed by atoms with E-state index in [1.165, 1.54) is 5.56 Å². The average molecular weight is 341 g/mol. The van der Waals surface area contributed by atoms with E-state index in [1.54, 1.807) is 0 Å². The highest BCUT2D eigenvalue weighted by molar-refractivity contribution is 9.10. The first-order valence-corrected chi connectivity index (χ1v) is 7.60. The molecule has 0 atom stereocenters. The Kier molecular flexibility index (Phi) is 2.86. The van der Waals surface area contributed by atoms with Gasteiger partial charge in [0.1, 0.15) is 22.7 Å². The summed E-state index contributed by atoms with van der Waals surface area (Å²) in [5.41, 5.74) is 4.32. The van der Waals surface area contributed by atoms with Crippen LogP contribution in [0.1, 0.15) is 11.4 Å². The molecule has 4 rings (SSSR count). The van der Waals surface area contributed by atoms with Crippen LogP contribution in [-0.2, 0) is 6.61 Å². The molecule has 0 spiro atoms. The fourth-order valence-electron chi connectivity index (χ4n) is 2.59. The first kappa shape index (κ1) is 12.7. The van der Waals surface area contributed by atoms with E-state index in [0.29, 0.717) is 6.61 Å². The summed E-state index contributed by atoms with van der Waals surface area (Å²) in [5.74, 6) is 1.80. The maximum absolute atomic E-state index is 5.77. The highest BCUT2D eigenvalue weighted by atomic mass is 79.9. The van der Waals surface area contributed by atoms with E-state index in [4.69, 9.17) is 9.72 Å². The maximum atomic E-state index is 5.77. The van der Waals surface area contributed by atoms with Gasteiger partial charge in [-0.05, 0) is 35.0 Å². The first-order valence-electron chi connectivity index (χ1n) is 6.80. The predicted molar refractivity (Wildman–Crippen MR) is 85.8 cm³/mol. The second-order valence-corrected chi connectivity index (χ2v) is 5.88. The van der Waals surface area contributed by atoms with Gasteiger partial charge in [-0.25, -0.2) is 4.98 Å². The third-order valence-corrected chi connectivity index (χ3v) is 4.41. The van der Waals surface area contributed by atoms with Gasteiger partial charge in [-0.3, -0.25) is 4.57 Å². The lowest BCUT2D eigenvalue weighted by Crippen LogP contribution is -2.12. The lowest BCUT2D eigenvalue weighted by atomic mass is 10.1. The number of imidazole rings is 1. The normalized spacial score (nSPS) is 12.5. The molecule has 2 aromatic carbocycles. The van der Waals surface area contributed by atoms with E-state index in [-0.39, 0.29) is 0 Å². The predicted octanol–water partition coefficient (Wildman–Crippen LogP) is 4.50. The van der Waals surface area contributed by atoms with Gasteiger partial charge in [-0.15, -0.1) is 0 Å². The van der Waals surface area contributed by atoms with Crippen LogP contribution >= 0.6 is 15.9 Å². The molecule has 1 aliphatic rings. The van der Waals surface area contributed by atoms with Crippen molar-refractivity contribution in [3.8, 4) is 22.7 Å². The topological polar surface area (TPSA) is 27.1 Å². The highest BCUT2D eigenvalue weighted by Gasteiger charge is 2.23. The summed E-state index contributed by atoms with van der Waals surface area (Å²) in [5, 5.41) is 0. The Morgan fingerprint density at radius 1 is 1.10 bits per heavy atom. The van der Waals surface area contributed by atoms with Crippen LogP contribution in [0.2, 0.25) is 0 Å². The fourth-order valence-corrected chi connectivity index (χ4v) is 3.30. The maximum Gasteiger partial charge on any atom is 0.153 e. The summed E-state index contributed by atoms with van der Waals surface area (Å²) < 4.78 is 8.86. The molecule has 0 N–H and O–H groups in total. The van der Waals surface area contributed by atoms with Crippen LogP contribution in [0.3, 0.4) is 0 Å². The second kappa shape index (κ2) is 4.74. The number of hydrogen-bond acceptors (Lipinski definition) is 2. The quantitative estimate of drug-likeness (QED) is 0.652. The van der Waals surface area contributed by atoms with Gasteiger partial charge >= 0.3 is 0 Å². The van der Waals surface area contributed by atoms with Gasteiger partial charge in [-0.2, -0.15) is 0 Å². The first-order chi connectivity index (χ1) is 10.2. The SMILES string of the molecule is Cc1ccc(-c2nc3n(c2Br)-c2ccccc2OC3)cc1. The number of para-hydroxylation sites is 2. The molecule has 1 aromatic heterocycles. The Hall–Kier alpha value is -2.07. The van der Waals surface area contributed by atoms with Crippen molar-refractivity contribution in [2.75, 3.05) is 0 Å². The van der Waals surface area contributed by atoms with Crippen molar-refractivity contribution in [2.24, 2.45) is 0 Å². The molecule has 0 bridgehead atoms. The molecule has 0 radical (unpaired) electrons. The molecular weight excluding hydrogens is 328 g/mol. The zero-order valence-electron chi connectivity index (χ0n) is 11.5. The summed E-state index contributed by atoms with van der Waals surface area (Å²) in [6.45, 7) is 2.57. The van der Waals surface area contributed by atoms with Crippen LogP contribution in [0.15, 0.2) is 53.1 Å². The van der Waals surface area contributed by atoms with Crippen molar-refractivity contribution in [1.82, 2.24) is 9.55 Å². The monoisotopic (exact) mass is 340 g/mol. The van der Waals surface area contributed by atoms with Gasteiger partial charge < -0.3 is 4.74 Å². The van der Waals surface area contributed by atoms with Gasteiger partial charge in [0.15, 0.2) is 5.82 Å². The smallest absolute Gasteiger partial charge is 0.153 e. The largest absolute Gasteiger partial charge is 0.483 e. The number of aryl methyl sites for hydroxylation is 1. The summed E-state index contributed by atoms with van der Waals surface area (Å²) in [7, 11) is 0. The molecule has 104 valence electrons. The Labute approximate surface area is 131 Å². The van der Waals surface area contributed by atoms with Crippen molar-refractivity contribution in [3.63, 3.8) is 0 Å². The third-order valence-electron chi connectivity index (χ3n) is 3.68. The van der Waals surface area contributed by atoms with E-state index < -0.39 is 0 Å². The van der Waals surface area contributed by atoms with E-state index in [9.17, 15) is 0 Å². The molecule has 21 heavy (non-hydrogen) atoms. The van der Waals surface area contributed by atoms with Crippen molar-refractivity contribution < 1.29 is 4.74 Å². The van der Waals surface area contributed by atoms with E-state index in [2.05, 4.69) is 51.7 Å². The molecule has 0 saturated carbocycles. The van der Waals surface area contributed by atoms with Gasteiger partial charge in [0.2, 0.25) is 0 Å². The Balaban J connectivity index is 1.91. The zero-order valence-corrected chi connectivity index (χ0v) is 13.1. The zero-order chi connectivity index (χ0) is 14.4. The second-order valence-electron chi connectivity index (χ2n) is 5.13. The van der Waals surface area contributed by atoms with Crippen molar-refractivity contribution in [3.05, 3.63) is 64.5 Å².